The van der Waals surface area contributed by atoms with Crippen LogP contribution in [0.4, 0.5) is 0 Å². The van der Waals surface area contributed by atoms with E-state index in [4.69, 9.17) is 0 Å². The topological polar surface area (TPSA) is 23.5 Å². The maximum atomic E-state index is 10.5. The lowest BCUT2D eigenvalue weighted by molar-refractivity contribution is 0.0834. The smallest absolute Gasteiger partial charge is 0.0795 e. The first-order chi connectivity index (χ1) is 9.15. The first kappa shape index (κ1) is 13.1. The van der Waals surface area contributed by atoms with Crippen LogP contribution in [0, 0.1) is 12.8 Å². The molecule has 2 fully saturated rings. The van der Waals surface area contributed by atoms with Gasteiger partial charge >= 0.3 is 0 Å². The van der Waals surface area contributed by atoms with Crippen LogP contribution in [0.5, 0.6) is 0 Å². The molecule has 0 aromatic heterocycles. The molecule has 19 heavy (non-hydrogen) atoms. The number of rotatable bonds is 3. The second-order valence-electron chi connectivity index (χ2n) is 6.50. The fourth-order valence-corrected chi connectivity index (χ4v) is 4.12. The van der Waals surface area contributed by atoms with Crippen molar-refractivity contribution in [1.29, 1.82) is 0 Å². The third kappa shape index (κ3) is 2.56. The molecule has 104 valence electrons. The summed E-state index contributed by atoms with van der Waals surface area (Å²) in [5.41, 5.74) is 2.33. The molecule has 2 heteroatoms. The van der Waals surface area contributed by atoms with Crippen LogP contribution in [-0.4, -0.2) is 29.1 Å². The highest BCUT2D eigenvalue weighted by Crippen LogP contribution is 2.40. The maximum absolute atomic E-state index is 10.5. The molecule has 1 N–H and O–H groups in total. The van der Waals surface area contributed by atoms with E-state index in [1.807, 2.05) is 12.1 Å². The Labute approximate surface area is 116 Å². The molecular formula is C17H25NO. The number of aliphatic hydroxyl groups is 1. The number of benzene rings is 1. The molecular weight excluding hydrogens is 234 g/mol. The second-order valence-corrected chi connectivity index (χ2v) is 6.50. The van der Waals surface area contributed by atoms with Gasteiger partial charge in [0, 0.05) is 12.1 Å². The van der Waals surface area contributed by atoms with Gasteiger partial charge in [-0.1, -0.05) is 24.3 Å². The second kappa shape index (κ2) is 5.26. The molecule has 3 rings (SSSR count). The van der Waals surface area contributed by atoms with Crippen LogP contribution in [0.1, 0.15) is 49.3 Å². The van der Waals surface area contributed by atoms with Crippen LogP contribution in [-0.2, 0) is 0 Å². The van der Waals surface area contributed by atoms with Crippen molar-refractivity contribution < 1.29 is 5.11 Å². The van der Waals surface area contributed by atoms with Crippen LogP contribution < -0.4 is 0 Å². The van der Waals surface area contributed by atoms with Gasteiger partial charge in [-0.2, -0.15) is 0 Å². The molecule has 0 radical (unpaired) electrons. The van der Waals surface area contributed by atoms with E-state index in [0.29, 0.717) is 5.92 Å². The van der Waals surface area contributed by atoms with Gasteiger partial charge in [0.2, 0.25) is 0 Å². The fourth-order valence-electron chi connectivity index (χ4n) is 4.12. The fraction of sp³-hybridized carbons (Fsp3) is 0.647. The van der Waals surface area contributed by atoms with Crippen LogP contribution >= 0.6 is 0 Å². The highest BCUT2D eigenvalue weighted by Gasteiger charge is 2.38. The van der Waals surface area contributed by atoms with Gasteiger partial charge < -0.3 is 10.0 Å². The van der Waals surface area contributed by atoms with Crippen molar-refractivity contribution in [3.05, 3.63) is 35.4 Å². The van der Waals surface area contributed by atoms with Crippen molar-refractivity contribution >= 4 is 0 Å². The van der Waals surface area contributed by atoms with Gasteiger partial charge in [-0.25, -0.2) is 0 Å². The van der Waals surface area contributed by atoms with Gasteiger partial charge in [-0.3, -0.25) is 0 Å². The summed E-state index contributed by atoms with van der Waals surface area (Å²) < 4.78 is 0. The summed E-state index contributed by atoms with van der Waals surface area (Å²) in [4.78, 5) is 2.57. The third-order valence-electron chi connectivity index (χ3n) is 5.30. The number of aliphatic hydroxyl groups excluding tert-OH is 1. The molecule has 2 aliphatic rings. The summed E-state index contributed by atoms with van der Waals surface area (Å²) in [5.74, 6) is 0.698. The molecule has 3 atom stereocenters. The normalized spacial score (nSPS) is 32.5. The predicted molar refractivity (Wildman–Crippen MR) is 78.1 cm³/mol. The molecule has 2 heterocycles. The number of fused-ring (bicyclic) bond motifs is 2. The molecule has 0 aliphatic carbocycles. The SMILES string of the molecule is Cc1ccccc1C(O)CC1CC2CCC(C1)N2C. The Morgan fingerprint density at radius 1 is 1.21 bits per heavy atom. The Morgan fingerprint density at radius 3 is 2.47 bits per heavy atom. The predicted octanol–water partition coefficient (Wildman–Crippen LogP) is 3.29. The standard InChI is InChI=1S/C17H25NO/c1-12-5-3-4-6-16(12)17(19)11-13-9-14-7-8-15(10-13)18(14)2/h3-6,13-15,17,19H,7-11H2,1-2H3. The first-order valence-electron chi connectivity index (χ1n) is 7.60. The lowest BCUT2D eigenvalue weighted by atomic mass is 9.84. The van der Waals surface area contributed by atoms with Crippen LogP contribution in [0.2, 0.25) is 0 Å². The molecule has 2 bridgehead atoms. The Bertz CT molecular complexity index is 431. The van der Waals surface area contributed by atoms with Crippen molar-refractivity contribution in [2.24, 2.45) is 5.92 Å². The maximum Gasteiger partial charge on any atom is 0.0795 e. The van der Waals surface area contributed by atoms with E-state index in [9.17, 15) is 5.11 Å². The zero-order valence-electron chi connectivity index (χ0n) is 12.0. The number of aryl methyl sites for hydroxylation is 1. The van der Waals surface area contributed by atoms with Crippen molar-refractivity contribution in [2.75, 3.05) is 7.05 Å². The Morgan fingerprint density at radius 2 is 1.84 bits per heavy atom. The van der Waals surface area contributed by atoms with E-state index >= 15 is 0 Å². The molecule has 3 unspecified atom stereocenters. The van der Waals surface area contributed by atoms with E-state index in [1.54, 1.807) is 0 Å². The van der Waals surface area contributed by atoms with Crippen molar-refractivity contribution in [3.8, 4) is 0 Å². The average molecular weight is 259 g/mol. The highest BCUT2D eigenvalue weighted by atomic mass is 16.3. The van der Waals surface area contributed by atoms with Crippen LogP contribution in [0.3, 0.4) is 0 Å². The lowest BCUT2D eigenvalue weighted by Crippen LogP contribution is -2.40. The van der Waals surface area contributed by atoms with E-state index < -0.39 is 0 Å². The van der Waals surface area contributed by atoms with E-state index in [-0.39, 0.29) is 6.10 Å². The number of hydrogen-bond acceptors (Lipinski definition) is 2. The minimum atomic E-state index is -0.283. The van der Waals surface area contributed by atoms with Crippen molar-refractivity contribution in [3.63, 3.8) is 0 Å². The molecule has 1 aromatic rings. The van der Waals surface area contributed by atoms with Gasteiger partial charge in [0.05, 0.1) is 6.10 Å². The molecule has 2 aliphatic heterocycles. The Kier molecular flexibility index (Phi) is 3.64. The van der Waals surface area contributed by atoms with Crippen LogP contribution in [0.15, 0.2) is 24.3 Å². The zero-order valence-corrected chi connectivity index (χ0v) is 12.0. The van der Waals surface area contributed by atoms with Gasteiger partial charge in [0.1, 0.15) is 0 Å². The zero-order chi connectivity index (χ0) is 13.4. The highest BCUT2D eigenvalue weighted by molar-refractivity contribution is 5.27. The first-order valence-corrected chi connectivity index (χ1v) is 7.60. The molecule has 0 spiro atoms. The average Bonchev–Trinajstić information content (AvgIpc) is 2.63. The monoisotopic (exact) mass is 259 g/mol. The van der Waals surface area contributed by atoms with Crippen molar-refractivity contribution in [1.82, 2.24) is 4.90 Å². The van der Waals surface area contributed by atoms with Gasteiger partial charge in [-0.15, -0.1) is 0 Å². The third-order valence-corrected chi connectivity index (χ3v) is 5.30. The molecule has 2 nitrogen and oxygen atoms in total. The summed E-state index contributed by atoms with van der Waals surface area (Å²) in [7, 11) is 2.27. The largest absolute Gasteiger partial charge is 0.388 e. The quantitative estimate of drug-likeness (QED) is 0.900. The van der Waals surface area contributed by atoms with Gasteiger partial charge in [0.25, 0.3) is 0 Å². The number of nitrogens with zero attached hydrogens (tertiary/aromatic N) is 1. The summed E-state index contributed by atoms with van der Waals surface area (Å²) in [6.07, 6.45) is 5.92. The van der Waals surface area contributed by atoms with E-state index in [2.05, 4.69) is 31.0 Å². The van der Waals surface area contributed by atoms with Crippen molar-refractivity contribution in [2.45, 2.75) is 57.2 Å². The number of piperidine rings is 1. The van der Waals surface area contributed by atoms with Gasteiger partial charge in [0.15, 0.2) is 0 Å². The minimum absolute atomic E-state index is 0.283. The molecule has 0 saturated carbocycles. The van der Waals surface area contributed by atoms with E-state index in [1.165, 1.54) is 31.2 Å². The summed E-state index contributed by atoms with van der Waals surface area (Å²) in [6.45, 7) is 2.09. The summed E-state index contributed by atoms with van der Waals surface area (Å²) in [5, 5.41) is 10.5. The molecule has 2 saturated heterocycles. The Hall–Kier alpha value is -0.860. The van der Waals surface area contributed by atoms with E-state index in [0.717, 1.165) is 24.1 Å². The lowest BCUT2D eigenvalue weighted by Gasteiger charge is -2.37. The number of hydrogen-bond donors (Lipinski definition) is 1. The molecule has 1 aromatic carbocycles. The Balaban J connectivity index is 1.65. The van der Waals surface area contributed by atoms with Crippen LogP contribution in [0.25, 0.3) is 0 Å². The summed E-state index contributed by atoms with van der Waals surface area (Å²) in [6, 6.07) is 9.78. The molecule has 0 amide bonds. The minimum Gasteiger partial charge on any atom is -0.388 e. The summed E-state index contributed by atoms with van der Waals surface area (Å²) >= 11 is 0. The van der Waals surface area contributed by atoms with Gasteiger partial charge in [-0.05, 0) is 63.1 Å².